The van der Waals surface area contributed by atoms with Crippen molar-refractivity contribution in [3.05, 3.63) is 22.4 Å². The van der Waals surface area contributed by atoms with Gasteiger partial charge in [0.05, 0.1) is 0 Å². The molecule has 0 spiro atoms. The van der Waals surface area contributed by atoms with Gasteiger partial charge in [0.25, 0.3) is 0 Å². The monoisotopic (exact) mass is 172 g/mol. The van der Waals surface area contributed by atoms with Gasteiger partial charge in [-0.1, -0.05) is 6.07 Å². The maximum atomic E-state index is 10.5. The van der Waals surface area contributed by atoms with Crippen LogP contribution >= 0.6 is 11.3 Å². The summed E-state index contributed by atoms with van der Waals surface area (Å²) in [5, 5.41) is 19.7. The first kappa shape index (κ1) is 8.23. The van der Waals surface area contributed by atoms with E-state index < -0.39 is 11.6 Å². The average Bonchev–Trinajstić information content (AvgIpc) is 2.37. The molecule has 0 radical (unpaired) electrons. The second-order valence-corrected chi connectivity index (χ2v) is 3.30. The third-order valence-electron chi connectivity index (χ3n) is 1.42. The molecule has 0 aliphatic rings. The Kier molecular flexibility index (Phi) is 1.97. The number of carboxylic acids is 1. The van der Waals surface area contributed by atoms with E-state index in [0.717, 1.165) is 0 Å². The Balaban J connectivity index is 3.00. The summed E-state index contributed by atoms with van der Waals surface area (Å²) < 4.78 is 0. The third kappa shape index (κ3) is 1.41. The van der Waals surface area contributed by atoms with Crippen LogP contribution in [-0.2, 0) is 10.4 Å². The maximum Gasteiger partial charge on any atom is 0.340 e. The number of hydrogen-bond donors (Lipinski definition) is 2. The van der Waals surface area contributed by atoms with E-state index in [1.807, 2.05) is 0 Å². The number of carboxylic acid groups (broad SMARTS) is 1. The van der Waals surface area contributed by atoms with Crippen LogP contribution in [0.1, 0.15) is 11.8 Å². The van der Waals surface area contributed by atoms with E-state index >= 15 is 0 Å². The molecule has 0 saturated carbocycles. The molecular formula is C7H8O3S. The minimum atomic E-state index is -1.74. The summed E-state index contributed by atoms with van der Waals surface area (Å²) in [7, 11) is 0. The van der Waals surface area contributed by atoms with Crippen molar-refractivity contribution in [1.82, 2.24) is 0 Å². The molecule has 3 nitrogen and oxygen atoms in total. The molecule has 0 aromatic carbocycles. The lowest BCUT2D eigenvalue weighted by Crippen LogP contribution is -2.30. The molecule has 0 fully saturated rings. The Bertz CT molecular complexity index is 251. The SMILES string of the molecule is C[C@@](O)(C(=O)O)c1cccs1. The molecule has 4 heteroatoms. The number of rotatable bonds is 2. The molecule has 1 rings (SSSR count). The highest BCUT2D eigenvalue weighted by Crippen LogP contribution is 2.24. The van der Waals surface area contributed by atoms with Crippen LogP contribution in [0.4, 0.5) is 0 Å². The van der Waals surface area contributed by atoms with Gasteiger partial charge in [0.1, 0.15) is 0 Å². The van der Waals surface area contributed by atoms with Gasteiger partial charge in [-0.25, -0.2) is 4.79 Å². The lowest BCUT2D eigenvalue weighted by atomic mass is 10.1. The fourth-order valence-electron chi connectivity index (χ4n) is 0.661. The molecule has 0 bridgehead atoms. The highest BCUT2D eigenvalue weighted by Gasteiger charge is 2.32. The van der Waals surface area contributed by atoms with Crippen LogP contribution in [0.25, 0.3) is 0 Å². The van der Waals surface area contributed by atoms with Crippen molar-refractivity contribution in [2.75, 3.05) is 0 Å². The Morgan fingerprint density at radius 1 is 1.73 bits per heavy atom. The fourth-order valence-corrected chi connectivity index (χ4v) is 1.44. The average molecular weight is 172 g/mol. The predicted molar refractivity (Wildman–Crippen MR) is 41.5 cm³/mol. The summed E-state index contributed by atoms with van der Waals surface area (Å²) in [4.78, 5) is 10.9. The third-order valence-corrected chi connectivity index (χ3v) is 2.50. The zero-order chi connectivity index (χ0) is 8.48. The van der Waals surface area contributed by atoms with Crippen LogP contribution in [0, 0.1) is 0 Å². The smallest absolute Gasteiger partial charge is 0.340 e. The number of aliphatic hydroxyl groups is 1. The van der Waals surface area contributed by atoms with Crippen LogP contribution in [0.2, 0.25) is 0 Å². The lowest BCUT2D eigenvalue weighted by molar-refractivity contribution is -0.157. The zero-order valence-electron chi connectivity index (χ0n) is 5.94. The van der Waals surface area contributed by atoms with E-state index in [4.69, 9.17) is 5.11 Å². The molecule has 2 N–H and O–H groups in total. The van der Waals surface area contributed by atoms with Crippen molar-refractivity contribution in [3.8, 4) is 0 Å². The normalized spacial score (nSPS) is 15.8. The number of carbonyl (C=O) groups is 1. The molecule has 1 atom stereocenters. The van der Waals surface area contributed by atoms with Gasteiger partial charge in [-0.3, -0.25) is 0 Å². The molecule has 0 saturated heterocycles. The van der Waals surface area contributed by atoms with Crippen LogP contribution in [0.5, 0.6) is 0 Å². The van der Waals surface area contributed by atoms with E-state index in [9.17, 15) is 9.90 Å². The quantitative estimate of drug-likeness (QED) is 0.700. The molecule has 0 aliphatic heterocycles. The van der Waals surface area contributed by atoms with Crippen LogP contribution in [0.15, 0.2) is 17.5 Å². The fraction of sp³-hybridized carbons (Fsp3) is 0.286. The summed E-state index contributed by atoms with van der Waals surface area (Å²) in [5.74, 6) is -1.22. The van der Waals surface area contributed by atoms with Gasteiger partial charge in [0.2, 0.25) is 0 Å². The molecule has 1 aromatic heterocycles. The first-order valence-corrected chi connectivity index (χ1v) is 3.93. The first-order valence-electron chi connectivity index (χ1n) is 3.05. The molecule has 11 heavy (non-hydrogen) atoms. The second kappa shape index (κ2) is 2.64. The minimum Gasteiger partial charge on any atom is -0.479 e. The predicted octanol–water partition coefficient (Wildman–Crippen LogP) is 1.04. The standard InChI is InChI=1S/C7H8O3S/c1-7(10,6(8)9)5-3-2-4-11-5/h2-4,10H,1H3,(H,8,9)/t7-/m0/s1. The van der Waals surface area contributed by atoms with Gasteiger partial charge in [0.15, 0.2) is 5.60 Å². The number of thiophene rings is 1. The van der Waals surface area contributed by atoms with Gasteiger partial charge < -0.3 is 10.2 Å². The molecular weight excluding hydrogens is 164 g/mol. The van der Waals surface area contributed by atoms with Crippen molar-refractivity contribution >= 4 is 17.3 Å². The summed E-state index contributed by atoms with van der Waals surface area (Å²) in [6.07, 6.45) is 0. The Labute approximate surface area is 67.9 Å². The van der Waals surface area contributed by atoms with Gasteiger partial charge in [-0.2, -0.15) is 0 Å². The Morgan fingerprint density at radius 2 is 2.36 bits per heavy atom. The lowest BCUT2D eigenvalue weighted by Gasteiger charge is -2.14. The van der Waals surface area contributed by atoms with E-state index in [2.05, 4.69) is 0 Å². The summed E-state index contributed by atoms with van der Waals surface area (Å²) in [6.45, 7) is 1.27. The highest BCUT2D eigenvalue weighted by atomic mass is 32.1. The molecule has 1 aromatic rings. The molecule has 0 amide bonds. The summed E-state index contributed by atoms with van der Waals surface area (Å²) >= 11 is 1.23. The molecule has 1 heterocycles. The maximum absolute atomic E-state index is 10.5. The van der Waals surface area contributed by atoms with Crippen LogP contribution in [0.3, 0.4) is 0 Å². The summed E-state index contributed by atoms with van der Waals surface area (Å²) in [5.41, 5.74) is -1.74. The number of hydrogen-bond acceptors (Lipinski definition) is 3. The first-order chi connectivity index (χ1) is 5.05. The zero-order valence-corrected chi connectivity index (χ0v) is 6.76. The Morgan fingerprint density at radius 3 is 2.73 bits per heavy atom. The van der Waals surface area contributed by atoms with Gasteiger partial charge in [-0.15, -0.1) is 11.3 Å². The van der Waals surface area contributed by atoms with E-state index in [1.165, 1.54) is 18.3 Å². The summed E-state index contributed by atoms with van der Waals surface area (Å²) in [6, 6.07) is 3.30. The van der Waals surface area contributed by atoms with Crippen LogP contribution in [-0.4, -0.2) is 16.2 Å². The van der Waals surface area contributed by atoms with Crippen molar-refractivity contribution in [3.63, 3.8) is 0 Å². The molecule has 0 unspecified atom stereocenters. The second-order valence-electron chi connectivity index (χ2n) is 2.35. The van der Waals surface area contributed by atoms with Gasteiger partial charge >= 0.3 is 5.97 Å². The van der Waals surface area contributed by atoms with Crippen molar-refractivity contribution in [2.45, 2.75) is 12.5 Å². The van der Waals surface area contributed by atoms with Crippen molar-refractivity contribution in [2.24, 2.45) is 0 Å². The topological polar surface area (TPSA) is 57.5 Å². The minimum absolute atomic E-state index is 0.449. The van der Waals surface area contributed by atoms with E-state index in [0.29, 0.717) is 4.88 Å². The van der Waals surface area contributed by atoms with E-state index in [-0.39, 0.29) is 0 Å². The largest absolute Gasteiger partial charge is 0.479 e. The van der Waals surface area contributed by atoms with Gasteiger partial charge in [0, 0.05) is 4.88 Å². The highest BCUT2D eigenvalue weighted by molar-refractivity contribution is 7.10. The van der Waals surface area contributed by atoms with Crippen molar-refractivity contribution < 1.29 is 15.0 Å². The molecule has 0 aliphatic carbocycles. The molecule has 60 valence electrons. The van der Waals surface area contributed by atoms with Crippen LogP contribution < -0.4 is 0 Å². The number of aliphatic carboxylic acids is 1. The van der Waals surface area contributed by atoms with E-state index in [1.54, 1.807) is 17.5 Å². The van der Waals surface area contributed by atoms with Crippen molar-refractivity contribution in [1.29, 1.82) is 0 Å². The van der Waals surface area contributed by atoms with Gasteiger partial charge in [-0.05, 0) is 18.4 Å². The Hall–Kier alpha value is -0.870.